The van der Waals surface area contributed by atoms with Crippen LogP contribution in [-0.2, 0) is 14.3 Å². The Bertz CT molecular complexity index is 580. The van der Waals surface area contributed by atoms with Crippen LogP contribution in [0, 0.1) is 5.82 Å². The Morgan fingerprint density at radius 3 is 2.38 bits per heavy atom. The van der Waals surface area contributed by atoms with Crippen LogP contribution in [0.3, 0.4) is 0 Å². The van der Waals surface area contributed by atoms with Crippen molar-refractivity contribution in [2.24, 2.45) is 0 Å². The Morgan fingerprint density at radius 2 is 1.81 bits per heavy atom. The summed E-state index contributed by atoms with van der Waals surface area (Å²) in [6.45, 7) is 0.548. The minimum absolute atomic E-state index is 0.117. The van der Waals surface area contributed by atoms with Crippen LogP contribution < -0.4 is 0 Å². The molecule has 0 spiro atoms. The summed E-state index contributed by atoms with van der Waals surface area (Å²) in [4.78, 5) is 25.0. The summed E-state index contributed by atoms with van der Waals surface area (Å²) in [5.41, 5.74) is 1.91. The topological polar surface area (TPSA) is 55.8 Å². The van der Waals surface area contributed by atoms with Crippen LogP contribution in [0.5, 0.6) is 0 Å². The van der Waals surface area contributed by atoms with Crippen LogP contribution >= 0.6 is 0 Å². The van der Waals surface area contributed by atoms with Crippen LogP contribution in [0.2, 0.25) is 0 Å². The van der Waals surface area contributed by atoms with Crippen molar-refractivity contribution >= 4 is 17.6 Å². The molecule has 1 aliphatic heterocycles. The first-order chi connectivity index (χ1) is 10.1. The van der Waals surface area contributed by atoms with Crippen molar-refractivity contribution in [3.05, 3.63) is 41.2 Å². The molecule has 2 rings (SSSR count). The lowest BCUT2D eigenvalue weighted by Gasteiger charge is -2.29. The molecule has 5 nitrogen and oxygen atoms in total. The van der Waals surface area contributed by atoms with E-state index in [4.69, 9.17) is 4.74 Å². The first-order valence-corrected chi connectivity index (χ1v) is 6.46. The van der Waals surface area contributed by atoms with Crippen LogP contribution in [0.1, 0.15) is 12.0 Å². The van der Waals surface area contributed by atoms with Gasteiger partial charge in [0, 0.05) is 6.54 Å². The Kier molecular flexibility index (Phi) is 4.57. The van der Waals surface area contributed by atoms with Gasteiger partial charge in [-0.15, -0.1) is 0 Å². The second-order valence-electron chi connectivity index (χ2n) is 4.60. The molecule has 0 unspecified atom stereocenters. The molecule has 0 N–H and O–H groups in total. The van der Waals surface area contributed by atoms with E-state index in [0.29, 0.717) is 18.5 Å². The summed E-state index contributed by atoms with van der Waals surface area (Å²) < 4.78 is 22.5. The van der Waals surface area contributed by atoms with Gasteiger partial charge < -0.3 is 14.4 Å². The Morgan fingerprint density at radius 1 is 1.14 bits per heavy atom. The number of amides is 1. The fourth-order valence-corrected chi connectivity index (χ4v) is 2.33. The van der Waals surface area contributed by atoms with Gasteiger partial charge in [-0.3, -0.25) is 0 Å². The van der Waals surface area contributed by atoms with Crippen molar-refractivity contribution in [1.29, 1.82) is 0 Å². The van der Waals surface area contributed by atoms with Gasteiger partial charge in [-0.1, -0.05) is 12.1 Å². The third kappa shape index (κ3) is 3.21. The molecule has 21 heavy (non-hydrogen) atoms. The molecule has 0 saturated heterocycles. The van der Waals surface area contributed by atoms with Gasteiger partial charge in [0.15, 0.2) is 0 Å². The van der Waals surface area contributed by atoms with Crippen LogP contribution in [0.25, 0.3) is 5.57 Å². The summed E-state index contributed by atoms with van der Waals surface area (Å²) in [6.07, 6.45) is -0.0138. The van der Waals surface area contributed by atoms with Gasteiger partial charge in [0.1, 0.15) is 5.82 Å². The molecule has 0 saturated carbocycles. The number of esters is 1. The minimum atomic E-state index is -0.497. The third-order valence-electron chi connectivity index (χ3n) is 3.40. The zero-order valence-electron chi connectivity index (χ0n) is 11.9. The fraction of sp³-hybridized carbons (Fsp3) is 0.333. The lowest BCUT2D eigenvalue weighted by molar-refractivity contribution is -0.136. The van der Waals surface area contributed by atoms with Gasteiger partial charge >= 0.3 is 12.1 Å². The summed E-state index contributed by atoms with van der Waals surface area (Å²) >= 11 is 0. The van der Waals surface area contributed by atoms with E-state index in [1.165, 1.54) is 31.3 Å². The normalized spacial score (nSPS) is 14.9. The lowest BCUT2D eigenvalue weighted by atomic mass is 9.93. The predicted molar refractivity (Wildman–Crippen MR) is 73.9 cm³/mol. The first kappa shape index (κ1) is 15.0. The molecule has 1 aromatic carbocycles. The molecule has 6 heteroatoms. The van der Waals surface area contributed by atoms with Gasteiger partial charge in [0.25, 0.3) is 0 Å². The van der Waals surface area contributed by atoms with Gasteiger partial charge in [0.05, 0.1) is 26.3 Å². The first-order valence-electron chi connectivity index (χ1n) is 6.46. The number of benzene rings is 1. The number of hydrogen-bond donors (Lipinski definition) is 0. The monoisotopic (exact) mass is 293 g/mol. The van der Waals surface area contributed by atoms with Crippen molar-refractivity contribution in [2.45, 2.75) is 6.42 Å². The number of methoxy groups -OCH3 is 2. The van der Waals surface area contributed by atoms with Crippen LogP contribution in [-0.4, -0.2) is 44.3 Å². The van der Waals surface area contributed by atoms with Crippen LogP contribution in [0.4, 0.5) is 9.18 Å². The third-order valence-corrected chi connectivity index (χ3v) is 3.40. The van der Waals surface area contributed by atoms with E-state index in [9.17, 15) is 14.0 Å². The van der Waals surface area contributed by atoms with Gasteiger partial charge in [-0.25, -0.2) is 14.0 Å². The maximum Gasteiger partial charge on any atom is 0.409 e. The van der Waals surface area contributed by atoms with E-state index >= 15 is 0 Å². The molecule has 112 valence electrons. The van der Waals surface area contributed by atoms with Crippen molar-refractivity contribution in [2.75, 3.05) is 27.3 Å². The Labute approximate surface area is 121 Å². The summed E-state index contributed by atoms with van der Waals surface area (Å²) in [7, 11) is 2.58. The SMILES string of the molecule is COC(=O)C1=C(c2ccc(F)cc2)CCN(C(=O)OC)C1. The zero-order valence-corrected chi connectivity index (χ0v) is 11.9. The standard InChI is InChI=1S/C15H16FNO4/c1-20-14(18)13-9-17(15(19)21-2)8-7-12(13)10-3-5-11(16)6-4-10/h3-6H,7-9H2,1-2H3. The number of ether oxygens (including phenoxy) is 2. The Balaban J connectivity index is 2.38. The van der Waals surface area contributed by atoms with Crippen molar-refractivity contribution in [3.63, 3.8) is 0 Å². The molecule has 1 heterocycles. The van der Waals surface area contributed by atoms with E-state index in [1.807, 2.05) is 0 Å². The number of rotatable bonds is 2. The quantitative estimate of drug-likeness (QED) is 0.785. The average molecular weight is 293 g/mol. The molecular formula is C15H16FNO4. The van der Waals surface area contributed by atoms with E-state index in [0.717, 1.165) is 11.1 Å². The number of carbonyl (C=O) groups excluding carboxylic acids is 2. The van der Waals surface area contributed by atoms with E-state index in [-0.39, 0.29) is 12.4 Å². The predicted octanol–water partition coefficient (Wildman–Crippen LogP) is 2.22. The van der Waals surface area contributed by atoms with E-state index in [2.05, 4.69) is 4.74 Å². The average Bonchev–Trinajstić information content (AvgIpc) is 2.53. The number of hydrogen-bond acceptors (Lipinski definition) is 4. The highest BCUT2D eigenvalue weighted by atomic mass is 19.1. The fourth-order valence-electron chi connectivity index (χ4n) is 2.33. The number of nitrogens with zero attached hydrogens (tertiary/aromatic N) is 1. The summed E-state index contributed by atoms with van der Waals surface area (Å²) in [5.74, 6) is -0.839. The number of halogens is 1. The highest BCUT2D eigenvalue weighted by Gasteiger charge is 2.28. The largest absolute Gasteiger partial charge is 0.466 e. The molecule has 1 amide bonds. The second kappa shape index (κ2) is 6.39. The summed E-state index contributed by atoms with van der Waals surface area (Å²) in [6, 6.07) is 5.90. The molecular weight excluding hydrogens is 277 g/mol. The molecule has 0 aliphatic carbocycles. The van der Waals surface area contributed by atoms with E-state index < -0.39 is 12.1 Å². The molecule has 1 aliphatic rings. The highest BCUT2D eigenvalue weighted by molar-refractivity contribution is 5.99. The summed E-state index contributed by atoms with van der Waals surface area (Å²) in [5, 5.41) is 0. The highest BCUT2D eigenvalue weighted by Crippen LogP contribution is 2.28. The zero-order chi connectivity index (χ0) is 15.4. The molecule has 1 aromatic rings. The molecule has 0 fully saturated rings. The van der Waals surface area contributed by atoms with Crippen molar-refractivity contribution < 1.29 is 23.5 Å². The van der Waals surface area contributed by atoms with Crippen LogP contribution in [0.15, 0.2) is 29.8 Å². The molecule has 0 bridgehead atoms. The lowest BCUT2D eigenvalue weighted by Crippen LogP contribution is -2.38. The van der Waals surface area contributed by atoms with Gasteiger partial charge in [0.2, 0.25) is 0 Å². The smallest absolute Gasteiger partial charge is 0.409 e. The van der Waals surface area contributed by atoms with Crippen molar-refractivity contribution in [1.82, 2.24) is 4.90 Å². The number of carbonyl (C=O) groups is 2. The maximum absolute atomic E-state index is 13.0. The maximum atomic E-state index is 13.0. The second-order valence-corrected chi connectivity index (χ2v) is 4.60. The minimum Gasteiger partial charge on any atom is -0.466 e. The van der Waals surface area contributed by atoms with Gasteiger partial charge in [-0.05, 0) is 29.7 Å². The van der Waals surface area contributed by atoms with Gasteiger partial charge in [-0.2, -0.15) is 0 Å². The molecule has 0 aromatic heterocycles. The van der Waals surface area contributed by atoms with E-state index in [1.54, 1.807) is 12.1 Å². The Hall–Kier alpha value is -2.37. The van der Waals surface area contributed by atoms with Crippen molar-refractivity contribution in [3.8, 4) is 0 Å². The molecule has 0 atom stereocenters. The molecule has 0 radical (unpaired) electrons.